The Labute approximate surface area is 132 Å². The van der Waals surface area contributed by atoms with Gasteiger partial charge in [-0.15, -0.1) is 0 Å². The predicted molar refractivity (Wildman–Crippen MR) is 84.9 cm³/mol. The lowest BCUT2D eigenvalue weighted by Gasteiger charge is -2.28. The van der Waals surface area contributed by atoms with Gasteiger partial charge in [0.15, 0.2) is 0 Å². The maximum absolute atomic E-state index is 12.7. The lowest BCUT2D eigenvalue weighted by molar-refractivity contribution is -0.385. The third-order valence-corrected chi connectivity index (χ3v) is 4.36. The Kier molecular flexibility index (Phi) is 5.33. The molecule has 0 atom stereocenters. The van der Waals surface area contributed by atoms with Crippen LogP contribution in [0.1, 0.15) is 41.6 Å². The molecule has 0 aromatic heterocycles. The van der Waals surface area contributed by atoms with Crippen molar-refractivity contribution in [3.8, 4) is 0 Å². The van der Waals surface area contributed by atoms with E-state index in [1.165, 1.54) is 6.07 Å². The third-order valence-electron chi connectivity index (χ3n) is 4.00. The molecule has 0 saturated heterocycles. The quantitative estimate of drug-likeness (QED) is 0.460. The maximum Gasteiger partial charge on any atom is 0.273 e. The summed E-state index contributed by atoms with van der Waals surface area (Å²) in [6.07, 6.45) is 4.33. The molecule has 1 aromatic rings. The fourth-order valence-electron chi connectivity index (χ4n) is 2.86. The van der Waals surface area contributed by atoms with Gasteiger partial charge in [0.2, 0.25) is 0 Å². The van der Waals surface area contributed by atoms with E-state index >= 15 is 0 Å². The molecule has 1 fully saturated rings. The topological polar surface area (TPSA) is 63.5 Å². The highest BCUT2D eigenvalue weighted by atomic mass is 79.9. The number of benzene rings is 1. The number of halogens is 1. The number of rotatable bonds is 5. The lowest BCUT2D eigenvalue weighted by Crippen LogP contribution is -2.40. The number of nitro groups is 1. The number of nitro benzene ring substituents is 1. The average molecular weight is 355 g/mol. The zero-order chi connectivity index (χ0) is 15.4. The minimum Gasteiger partial charge on any atom is -0.335 e. The Morgan fingerprint density at radius 2 is 2.10 bits per heavy atom. The first kappa shape index (κ1) is 15.9. The molecule has 1 amide bonds. The van der Waals surface area contributed by atoms with Gasteiger partial charge in [-0.05, 0) is 25.8 Å². The first-order valence-corrected chi connectivity index (χ1v) is 8.28. The Morgan fingerprint density at radius 3 is 2.67 bits per heavy atom. The van der Waals surface area contributed by atoms with Crippen LogP contribution >= 0.6 is 15.9 Å². The first-order chi connectivity index (χ1) is 10.0. The number of carbonyl (C=O) groups excluding carboxylic acids is 1. The SMILES string of the molecule is Cc1ccc(C(=O)N(CCBr)C2CCCC2)cc1[N+](=O)[O-]. The van der Waals surface area contributed by atoms with Gasteiger partial charge in [-0.2, -0.15) is 0 Å². The van der Waals surface area contributed by atoms with E-state index in [0.29, 0.717) is 23.0 Å². The zero-order valence-electron chi connectivity index (χ0n) is 12.0. The summed E-state index contributed by atoms with van der Waals surface area (Å²) in [5.41, 5.74) is 0.982. The van der Waals surface area contributed by atoms with Gasteiger partial charge in [0.25, 0.3) is 11.6 Å². The Bertz CT molecular complexity index is 542. The molecule has 1 saturated carbocycles. The van der Waals surface area contributed by atoms with Crippen LogP contribution in [-0.2, 0) is 0 Å². The van der Waals surface area contributed by atoms with Gasteiger partial charge >= 0.3 is 0 Å². The van der Waals surface area contributed by atoms with Crippen LogP contribution in [0.3, 0.4) is 0 Å². The van der Waals surface area contributed by atoms with Crippen molar-refractivity contribution in [3.05, 3.63) is 39.4 Å². The summed E-state index contributed by atoms with van der Waals surface area (Å²) in [5.74, 6) is -0.107. The summed E-state index contributed by atoms with van der Waals surface area (Å²) >= 11 is 3.39. The molecule has 0 aliphatic heterocycles. The summed E-state index contributed by atoms with van der Waals surface area (Å²) in [5, 5.41) is 11.7. The minimum atomic E-state index is -0.434. The predicted octanol–water partition coefficient (Wildman–Crippen LogP) is 3.68. The van der Waals surface area contributed by atoms with Crippen LogP contribution in [0.15, 0.2) is 18.2 Å². The fourth-order valence-corrected chi connectivity index (χ4v) is 3.24. The Morgan fingerprint density at radius 1 is 1.43 bits per heavy atom. The number of hydrogen-bond donors (Lipinski definition) is 0. The second-order valence-electron chi connectivity index (χ2n) is 5.38. The molecule has 1 aromatic carbocycles. The van der Waals surface area contributed by atoms with Gasteiger partial charge < -0.3 is 4.90 Å². The minimum absolute atomic E-state index is 0.00561. The summed E-state index contributed by atoms with van der Waals surface area (Å²) in [6, 6.07) is 4.98. The van der Waals surface area contributed by atoms with Crippen LogP contribution in [0.25, 0.3) is 0 Å². The molecule has 5 nitrogen and oxygen atoms in total. The molecule has 114 valence electrons. The van der Waals surface area contributed by atoms with Crippen LogP contribution in [-0.4, -0.2) is 33.6 Å². The third kappa shape index (κ3) is 3.61. The van der Waals surface area contributed by atoms with E-state index in [2.05, 4.69) is 15.9 Å². The highest BCUT2D eigenvalue weighted by Gasteiger charge is 2.27. The van der Waals surface area contributed by atoms with E-state index in [-0.39, 0.29) is 17.6 Å². The summed E-state index contributed by atoms with van der Waals surface area (Å²) < 4.78 is 0. The van der Waals surface area contributed by atoms with Gasteiger partial charge in [-0.25, -0.2) is 0 Å². The molecular formula is C15H19BrN2O3. The summed E-state index contributed by atoms with van der Waals surface area (Å²) in [6.45, 7) is 2.31. The lowest BCUT2D eigenvalue weighted by atomic mass is 10.1. The molecule has 0 bridgehead atoms. The number of aryl methyl sites for hydroxylation is 1. The molecule has 6 heteroatoms. The molecule has 0 heterocycles. The van der Waals surface area contributed by atoms with Crippen molar-refractivity contribution in [3.63, 3.8) is 0 Å². The number of alkyl halides is 1. The van der Waals surface area contributed by atoms with Crippen molar-refractivity contribution >= 4 is 27.5 Å². The molecular weight excluding hydrogens is 336 g/mol. The monoisotopic (exact) mass is 354 g/mol. The second kappa shape index (κ2) is 7.02. The van der Waals surface area contributed by atoms with Crippen molar-refractivity contribution in [2.24, 2.45) is 0 Å². The van der Waals surface area contributed by atoms with Gasteiger partial charge in [0.05, 0.1) is 4.92 Å². The van der Waals surface area contributed by atoms with Gasteiger partial charge in [-0.1, -0.05) is 34.8 Å². The zero-order valence-corrected chi connectivity index (χ0v) is 13.6. The Balaban J connectivity index is 2.27. The van der Waals surface area contributed by atoms with Gasteiger partial charge in [-0.3, -0.25) is 14.9 Å². The maximum atomic E-state index is 12.7. The van der Waals surface area contributed by atoms with Crippen LogP contribution in [0.4, 0.5) is 5.69 Å². The highest BCUT2D eigenvalue weighted by Crippen LogP contribution is 2.26. The molecule has 21 heavy (non-hydrogen) atoms. The molecule has 0 radical (unpaired) electrons. The summed E-state index contributed by atoms with van der Waals surface area (Å²) in [7, 11) is 0. The largest absolute Gasteiger partial charge is 0.335 e. The van der Waals surface area contributed by atoms with Crippen molar-refractivity contribution in [1.82, 2.24) is 4.90 Å². The standard InChI is InChI=1S/C15H19BrN2O3/c1-11-6-7-12(10-14(11)18(20)21)15(19)17(9-8-16)13-4-2-3-5-13/h6-7,10,13H,2-5,8-9H2,1H3. The van der Waals surface area contributed by atoms with Crippen molar-refractivity contribution in [2.75, 3.05) is 11.9 Å². The second-order valence-corrected chi connectivity index (χ2v) is 6.18. The van der Waals surface area contributed by atoms with E-state index < -0.39 is 4.92 Å². The van der Waals surface area contributed by atoms with Crippen LogP contribution in [0.5, 0.6) is 0 Å². The molecule has 0 unspecified atom stereocenters. The fraction of sp³-hybridized carbons (Fsp3) is 0.533. The molecule has 2 rings (SSSR count). The van der Waals surface area contributed by atoms with E-state index in [4.69, 9.17) is 0 Å². The van der Waals surface area contributed by atoms with Crippen LogP contribution < -0.4 is 0 Å². The number of hydrogen-bond acceptors (Lipinski definition) is 3. The highest BCUT2D eigenvalue weighted by molar-refractivity contribution is 9.09. The van der Waals surface area contributed by atoms with E-state index in [1.807, 2.05) is 4.90 Å². The first-order valence-electron chi connectivity index (χ1n) is 7.16. The van der Waals surface area contributed by atoms with E-state index in [9.17, 15) is 14.9 Å². The van der Waals surface area contributed by atoms with Crippen molar-refractivity contribution < 1.29 is 9.72 Å². The van der Waals surface area contributed by atoms with Gasteiger partial charge in [0.1, 0.15) is 0 Å². The smallest absolute Gasteiger partial charge is 0.273 e. The van der Waals surface area contributed by atoms with E-state index in [0.717, 1.165) is 25.7 Å². The molecule has 1 aliphatic rings. The normalized spacial score (nSPS) is 15.1. The molecule has 1 aliphatic carbocycles. The summed E-state index contributed by atoms with van der Waals surface area (Å²) in [4.78, 5) is 25.1. The molecule has 0 spiro atoms. The van der Waals surface area contributed by atoms with Crippen molar-refractivity contribution in [1.29, 1.82) is 0 Å². The average Bonchev–Trinajstić information content (AvgIpc) is 2.98. The number of carbonyl (C=O) groups is 1. The van der Waals surface area contributed by atoms with Gasteiger partial charge in [0, 0.05) is 35.1 Å². The van der Waals surface area contributed by atoms with Crippen LogP contribution in [0.2, 0.25) is 0 Å². The number of amides is 1. The van der Waals surface area contributed by atoms with E-state index in [1.54, 1.807) is 19.1 Å². The van der Waals surface area contributed by atoms with Crippen molar-refractivity contribution in [2.45, 2.75) is 38.6 Å². The van der Waals surface area contributed by atoms with Crippen LogP contribution in [0, 0.1) is 17.0 Å². The number of nitrogens with zero attached hydrogens (tertiary/aromatic N) is 2. The molecule has 0 N–H and O–H groups in total. The Hall–Kier alpha value is -1.43.